The lowest BCUT2D eigenvalue weighted by Gasteiger charge is -2.14. The number of carbonyl (C=O) groups is 3. The monoisotopic (exact) mass is 444 g/mol. The first-order valence-electron chi connectivity index (χ1n) is 8.47. The maximum atomic E-state index is 13.1. The number of anilines is 2. The van der Waals surface area contributed by atoms with Gasteiger partial charge in [0.05, 0.1) is 23.4 Å². The smallest absolute Gasteiger partial charge is 0.418 e. The number of benzene rings is 2. The summed E-state index contributed by atoms with van der Waals surface area (Å²) in [5, 5.41) is 4.28. The van der Waals surface area contributed by atoms with Gasteiger partial charge in [-0.2, -0.15) is 13.2 Å². The van der Waals surface area contributed by atoms with E-state index in [1.165, 1.54) is 30.3 Å². The minimum absolute atomic E-state index is 0.0135. The number of hydrogen-bond acceptors (Lipinski definition) is 5. The first-order chi connectivity index (χ1) is 14.1. The van der Waals surface area contributed by atoms with E-state index in [1.54, 1.807) is 6.92 Å². The van der Waals surface area contributed by atoms with Crippen molar-refractivity contribution in [1.82, 2.24) is 0 Å². The maximum absolute atomic E-state index is 13.1. The standard InChI is InChI=1S/C19H16ClF3N2O5/c1-2-29-18(28)24-13-5-3-4-11(8-13)17(27)30-10-16(26)25-15-7-6-12(20)9-14(15)19(21,22)23/h3-9H,2,10H2,1H3,(H,24,28)(H,25,26). The van der Waals surface area contributed by atoms with E-state index < -0.39 is 42.0 Å². The summed E-state index contributed by atoms with van der Waals surface area (Å²) in [4.78, 5) is 35.4. The van der Waals surface area contributed by atoms with E-state index in [4.69, 9.17) is 21.1 Å². The molecule has 0 aliphatic heterocycles. The molecule has 0 spiro atoms. The van der Waals surface area contributed by atoms with E-state index in [9.17, 15) is 27.6 Å². The molecule has 30 heavy (non-hydrogen) atoms. The summed E-state index contributed by atoms with van der Waals surface area (Å²) in [5.74, 6) is -1.89. The lowest BCUT2D eigenvalue weighted by Crippen LogP contribution is -2.23. The summed E-state index contributed by atoms with van der Waals surface area (Å²) in [6.07, 6.45) is -5.46. The van der Waals surface area contributed by atoms with Gasteiger partial charge in [-0.25, -0.2) is 9.59 Å². The van der Waals surface area contributed by atoms with Crippen LogP contribution in [-0.4, -0.2) is 31.2 Å². The van der Waals surface area contributed by atoms with Crippen molar-refractivity contribution < 1.29 is 37.0 Å². The highest BCUT2D eigenvalue weighted by molar-refractivity contribution is 6.30. The van der Waals surface area contributed by atoms with Gasteiger partial charge in [-0.1, -0.05) is 17.7 Å². The zero-order valence-corrected chi connectivity index (χ0v) is 16.3. The van der Waals surface area contributed by atoms with Gasteiger partial charge in [-0.05, 0) is 43.3 Å². The predicted molar refractivity (Wildman–Crippen MR) is 102 cm³/mol. The molecule has 0 heterocycles. The maximum Gasteiger partial charge on any atom is 0.418 e. The van der Waals surface area contributed by atoms with E-state index in [-0.39, 0.29) is 22.9 Å². The third-order valence-electron chi connectivity index (χ3n) is 3.52. The molecule has 0 aromatic heterocycles. The topological polar surface area (TPSA) is 93.7 Å². The molecular formula is C19H16ClF3N2O5. The number of ether oxygens (including phenoxy) is 2. The average molecular weight is 445 g/mol. The van der Waals surface area contributed by atoms with E-state index in [0.717, 1.165) is 6.07 Å². The number of nitrogens with one attached hydrogen (secondary N) is 2. The first-order valence-corrected chi connectivity index (χ1v) is 8.85. The van der Waals surface area contributed by atoms with Gasteiger partial charge in [-0.3, -0.25) is 10.1 Å². The molecule has 160 valence electrons. The van der Waals surface area contributed by atoms with Crippen LogP contribution >= 0.6 is 11.6 Å². The molecule has 0 atom stereocenters. The van der Waals surface area contributed by atoms with Crippen LogP contribution in [0.4, 0.5) is 29.3 Å². The van der Waals surface area contributed by atoms with Crippen molar-refractivity contribution in [1.29, 1.82) is 0 Å². The molecule has 0 bridgehead atoms. The van der Waals surface area contributed by atoms with Gasteiger partial charge >= 0.3 is 18.2 Å². The van der Waals surface area contributed by atoms with E-state index in [2.05, 4.69) is 5.32 Å². The van der Waals surface area contributed by atoms with Gasteiger partial charge in [-0.15, -0.1) is 0 Å². The number of hydrogen-bond donors (Lipinski definition) is 2. The van der Waals surface area contributed by atoms with Crippen molar-refractivity contribution in [3.05, 3.63) is 58.6 Å². The summed E-state index contributed by atoms with van der Waals surface area (Å²) >= 11 is 5.58. The second-order valence-electron chi connectivity index (χ2n) is 5.74. The molecule has 0 fully saturated rings. The van der Waals surface area contributed by atoms with Crippen LogP contribution in [0.3, 0.4) is 0 Å². The molecule has 0 radical (unpaired) electrons. The molecule has 2 aromatic carbocycles. The quantitative estimate of drug-likeness (QED) is 0.629. The van der Waals surface area contributed by atoms with Crippen molar-refractivity contribution in [2.45, 2.75) is 13.1 Å². The number of amides is 2. The van der Waals surface area contributed by atoms with Crippen LogP contribution in [0.2, 0.25) is 5.02 Å². The summed E-state index contributed by atoms with van der Waals surface area (Å²) in [5.41, 5.74) is -1.39. The molecule has 0 saturated heterocycles. The van der Waals surface area contributed by atoms with Crippen molar-refractivity contribution in [3.63, 3.8) is 0 Å². The minimum atomic E-state index is -4.74. The zero-order valence-electron chi connectivity index (χ0n) is 15.5. The Hall–Kier alpha value is -3.27. The molecule has 2 N–H and O–H groups in total. The Bertz CT molecular complexity index is 950. The van der Waals surface area contributed by atoms with E-state index in [1.807, 2.05) is 5.32 Å². The third-order valence-corrected chi connectivity index (χ3v) is 3.75. The summed E-state index contributed by atoms with van der Waals surface area (Å²) < 4.78 is 48.7. The fourth-order valence-electron chi connectivity index (χ4n) is 2.27. The van der Waals surface area contributed by atoms with Crippen LogP contribution < -0.4 is 10.6 Å². The molecule has 2 amide bonds. The minimum Gasteiger partial charge on any atom is -0.452 e. The van der Waals surface area contributed by atoms with Gasteiger partial charge in [0.15, 0.2) is 6.61 Å². The number of halogens is 4. The van der Waals surface area contributed by atoms with Gasteiger partial charge in [0.2, 0.25) is 0 Å². The van der Waals surface area contributed by atoms with Crippen LogP contribution in [0.15, 0.2) is 42.5 Å². The van der Waals surface area contributed by atoms with E-state index >= 15 is 0 Å². The SMILES string of the molecule is CCOC(=O)Nc1cccc(C(=O)OCC(=O)Nc2ccc(Cl)cc2C(F)(F)F)c1. The van der Waals surface area contributed by atoms with Gasteiger partial charge < -0.3 is 14.8 Å². The highest BCUT2D eigenvalue weighted by Crippen LogP contribution is 2.36. The lowest BCUT2D eigenvalue weighted by molar-refractivity contribution is -0.137. The molecule has 0 aliphatic carbocycles. The van der Waals surface area contributed by atoms with Gasteiger partial charge in [0.25, 0.3) is 5.91 Å². The summed E-state index contributed by atoms with van der Waals surface area (Å²) in [6.45, 7) is 0.959. The number of esters is 1. The third kappa shape index (κ3) is 6.66. The Morgan fingerprint density at radius 2 is 1.77 bits per heavy atom. The fraction of sp³-hybridized carbons (Fsp3) is 0.211. The average Bonchev–Trinajstić information content (AvgIpc) is 2.67. The van der Waals surface area contributed by atoms with Crippen molar-refractivity contribution in [2.24, 2.45) is 0 Å². The van der Waals surface area contributed by atoms with Crippen LogP contribution in [0, 0.1) is 0 Å². The Labute approximate surface area is 174 Å². The molecule has 7 nitrogen and oxygen atoms in total. The predicted octanol–water partition coefficient (Wildman–Crippen LogP) is 4.72. The highest BCUT2D eigenvalue weighted by Gasteiger charge is 2.34. The second-order valence-corrected chi connectivity index (χ2v) is 6.17. The van der Waals surface area contributed by atoms with Crippen molar-refractivity contribution in [2.75, 3.05) is 23.8 Å². The molecule has 0 unspecified atom stereocenters. The Morgan fingerprint density at radius 1 is 1.03 bits per heavy atom. The van der Waals surface area contributed by atoms with Gasteiger partial charge in [0, 0.05) is 10.7 Å². The summed E-state index contributed by atoms with van der Waals surface area (Å²) in [7, 11) is 0. The normalized spacial score (nSPS) is 10.8. The fourth-order valence-corrected chi connectivity index (χ4v) is 2.44. The van der Waals surface area contributed by atoms with Crippen molar-refractivity contribution >= 4 is 40.9 Å². The number of alkyl halides is 3. The van der Waals surface area contributed by atoms with E-state index in [0.29, 0.717) is 6.07 Å². The van der Waals surface area contributed by atoms with Crippen LogP contribution in [-0.2, 0) is 20.4 Å². The first kappa shape index (κ1) is 23.0. The van der Waals surface area contributed by atoms with Crippen LogP contribution in [0.25, 0.3) is 0 Å². The molecule has 0 aliphatic rings. The molecular weight excluding hydrogens is 429 g/mol. The van der Waals surface area contributed by atoms with Gasteiger partial charge in [0.1, 0.15) is 0 Å². The summed E-state index contributed by atoms with van der Waals surface area (Å²) in [6, 6.07) is 8.47. The second kappa shape index (κ2) is 9.97. The Morgan fingerprint density at radius 3 is 2.43 bits per heavy atom. The Kier molecular flexibility index (Phi) is 7.65. The highest BCUT2D eigenvalue weighted by atomic mass is 35.5. The largest absolute Gasteiger partial charge is 0.452 e. The lowest BCUT2D eigenvalue weighted by atomic mass is 10.1. The molecule has 2 aromatic rings. The van der Waals surface area contributed by atoms with Crippen LogP contribution in [0.5, 0.6) is 0 Å². The molecule has 11 heteroatoms. The molecule has 0 saturated carbocycles. The number of carbonyl (C=O) groups excluding carboxylic acids is 3. The number of rotatable bonds is 6. The van der Waals surface area contributed by atoms with Crippen molar-refractivity contribution in [3.8, 4) is 0 Å². The molecule has 2 rings (SSSR count). The van der Waals surface area contributed by atoms with Crippen LogP contribution in [0.1, 0.15) is 22.8 Å². The zero-order chi connectivity index (χ0) is 22.3. The Balaban J connectivity index is 1.99.